The van der Waals surface area contributed by atoms with Crippen LogP contribution in [0.15, 0.2) is 24.3 Å². The highest BCUT2D eigenvalue weighted by molar-refractivity contribution is 6.01. The monoisotopic (exact) mass is 296 g/mol. The maximum Gasteiger partial charge on any atom is 0.305 e. The molecule has 1 atom stereocenters. The Bertz CT molecular complexity index is 516. The maximum absolute atomic E-state index is 12.8. The van der Waals surface area contributed by atoms with Crippen LogP contribution < -0.4 is 10.6 Å². The molecule has 0 saturated heterocycles. The molecule has 114 valence electrons. The number of halogens is 1. The zero-order chi connectivity index (χ0) is 15.8. The number of hydrogen-bond acceptors (Lipinski definition) is 4. The van der Waals surface area contributed by atoms with Gasteiger partial charge < -0.3 is 15.7 Å². The van der Waals surface area contributed by atoms with Gasteiger partial charge in [-0.05, 0) is 24.3 Å². The second kappa shape index (κ2) is 8.11. The van der Waals surface area contributed by atoms with Crippen LogP contribution >= 0.6 is 0 Å². The van der Waals surface area contributed by atoms with Crippen LogP contribution in [0.4, 0.5) is 4.39 Å². The number of nitrogens with one attached hydrogen (secondary N) is 2. The molecule has 0 heterocycles. The Kier molecular flexibility index (Phi) is 6.48. The normalized spacial score (nSPS) is 11.7. The summed E-state index contributed by atoms with van der Waals surface area (Å²) in [7, 11) is 0. The smallest absolute Gasteiger partial charge is 0.305 e. The van der Waals surface area contributed by atoms with E-state index in [0.29, 0.717) is 0 Å². The Labute approximate surface area is 121 Å². The predicted molar refractivity (Wildman–Crippen MR) is 73.5 cm³/mol. The molecule has 0 fully saturated rings. The highest BCUT2D eigenvalue weighted by Gasteiger charge is 2.22. The van der Waals surface area contributed by atoms with E-state index in [1.807, 2.05) is 0 Å². The van der Waals surface area contributed by atoms with Crippen molar-refractivity contribution < 1.29 is 23.9 Å². The van der Waals surface area contributed by atoms with Gasteiger partial charge in [-0.2, -0.15) is 0 Å². The molecule has 1 aromatic carbocycles. The fourth-order valence-corrected chi connectivity index (χ4v) is 1.73. The highest BCUT2D eigenvalue weighted by atomic mass is 19.1. The number of carboxylic acids is 1. The van der Waals surface area contributed by atoms with E-state index < -0.39 is 30.0 Å². The summed E-state index contributed by atoms with van der Waals surface area (Å²) in [6, 6.07) is 3.97. The first-order valence-electron chi connectivity index (χ1n) is 6.39. The van der Waals surface area contributed by atoms with E-state index in [0.717, 1.165) is 12.1 Å². The van der Waals surface area contributed by atoms with Gasteiger partial charge in [0, 0.05) is 25.6 Å². The zero-order valence-corrected chi connectivity index (χ0v) is 11.6. The molecule has 3 N–H and O–H groups in total. The van der Waals surface area contributed by atoms with Gasteiger partial charge in [-0.15, -0.1) is 0 Å². The van der Waals surface area contributed by atoms with E-state index in [9.17, 15) is 18.8 Å². The minimum atomic E-state index is -1.12. The van der Waals surface area contributed by atoms with Crippen LogP contribution in [0.25, 0.3) is 0 Å². The zero-order valence-electron chi connectivity index (χ0n) is 11.6. The summed E-state index contributed by atoms with van der Waals surface area (Å²) in [4.78, 5) is 33.7. The second-order valence-corrected chi connectivity index (χ2v) is 4.46. The lowest BCUT2D eigenvalue weighted by molar-refractivity contribution is -0.137. The number of benzene rings is 1. The number of carbonyl (C=O) groups excluding carboxylic acids is 2. The van der Waals surface area contributed by atoms with E-state index in [4.69, 9.17) is 5.11 Å². The molecule has 1 aromatic rings. The Morgan fingerprint density at radius 1 is 1.19 bits per heavy atom. The van der Waals surface area contributed by atoms with Gasteiger partial charge in [0.05, 0.1) is 12.5 Å². The first-order chi connectivity index (χ1) is 9.90. The molecule has 0 aromatic heterocycles. The fraction of sp³-hybridized carbons (Fsp3) is 0.357. The quantitative estimate of drug-likeness (QED) is 0.482. The molecule has 0 aliphatic carbocycles. The van der Waals surface area contributed by atoms with Gasteiger partial charge in [0.1, 0.15) is 5.82 Å². The van der Waals surface area contributed by atoms with E-state index >= 15 is 0 Å². The summed E-state index contributed by atoms with van der Waals surface area (Å²) in [6.07, 6.45) is -0.393. The lowest BCUT2D eigenvalue weighted by Gasteiger charge is -2.16. The third-order valence-corrected chi connectivity index (χ3v) is 2.71. The average molecular weight is 296 g/mol. The first kappa shape index (κ1) is 16.8. The van der Waals surface area contributed by atoms with Crippen molar-refractivity contribution in [3.63, 3.8) is 0 Å². The topological polar surface area (TPSA) is 95.5 Å². The second-order valence-electron chi connectivity index (χ2n) is 4.46. The van der Waals surface area contributed by atoms with E-state index in [-0.39, 0.29) is 24.6 Å². The average Bonchev–Trinajstić information content (AvgIpc) is 2.41. The van der Waals surface area contributed by atoms with Crippen molar-refractivity contribution in [3.05, 3.63) is 35.6 Å². The van der Waals surface area contributed by atoms with Crippen molar-refractivity contribution in [3.8, 4) is 0 Å². The molecule has 7 heteroatoms. The molecule has 1 unspecified atom stereocenters. The number of ketones is 1. The number of rotatable bonds is 8. The van der Waals surface area contributed by atoms with Crippen molar-refractivity contribution >= 4 is 17.7 Å². The van der Waals surface area contributed by atoms with Crippen LogP contribution in [0, 0.1) is 5.82 Å². The van der Waals surface area contributed by atoms with Gasteiger partial charge in [0.15, 0.2) is 5.78 Å². The summed E-state index contributed by atoms with van der Waals surface area (Å²) in [5.41, 5.74) is 0.231. The summed E-state index contributed by atoms with van der Waals surface area (Å²) in [5, 5.41) is 14.2. The van der Waals surface area contributed by atoms with Gasteiger partial charge in [0.2, 0.25) is 5.91 Å². The van der Waals surface area contributed by atoms with E-state index in [2.05, 4.69) is 10.6 Å². The number of carbonyl (C=O) groups is 3. The van der Waals surface area contributed by atoms with Gasteiger partial charge >= 0.3 is 5.97 Å². The summed E-state index contributed by atoms with van der Waals surface area (Å²) in [6.45, 7) is 1.89. The summed E-state index contributed by atoms with van der Waals surface area (Å²) >= 11 is 0. The van der Waals surface area contributed by atoms with Gasteiger partial charge in [0.25, 0.3) is 0 Å². The number of aliphatic carboxylic acids is 1. The number of hydrogen-bond donors (Lipinski definition) is 3. The van der Waals surface area contributed by atoms with Crippen molar-refractivity contribution in [2.24, 2.45) is 0 Å². The molecular weight excluding hydrogens is 279 g/mol. The minimum absolute atomic E-state index is 0.212. The molecule has 0 saturated carbocycles. The molecular formula is C14H17FN2O4. The number of Topliss-reactive ketones (excluding diaryl/α,β-unsaturated/α-hetero) is 1. The predicted octanol–water partition coefficient (Wildman–Crippen LogP) is 0.577. The lowest BCUT2D eigenvalue weighted by Crippen LogP contribution is -2.42. The standard InChI is InChI=1S/C14H17FN2O4/c1-9(18)16-6-7-17-12(8-13(19)20)14(21)10-2-4-11(15)5-3-10/h2-5,12,17H,6-8H2,1H3,(H,16,18)(H,19,20). The third-order valence-electron chi connectivity index (χ3n) is 2.71. The number of carboxylic acid groups (broad SMARTS) is 1. The van der Waals surface area contributed by atoms with E-state index in [1.54, 1.807) is 0 Å². The van der Waals surface area contributed by atoms with Crippen LogP contribution in [0.2, 0.25) is 0 Å². The van der Waals surface area contributed by atoms with Crippen molar-refractivity contribution in [2.45, 2.75) is 19.4 Å². The largest absolute Gasteiger partial charge is 0.481 e. The molecule has 0 spiro atoms. The van der Waals surface area contributed by atoms with Gasteiger partial charge in [-0.25, -0.2) is 4.39 Å². The SMILES string of the molecule is CC(=O)NCCNC(CC(=O)O)C(=O)c1ccc(F)cc1. The Balaban J connectivity index is 2.67. The molecule has 1 amide bonds. The Hall–Kier alpha value is -2.28. The van der Waals surface area contributed by atoms with Crippen molar-refractivity contribution in [2.75, 3.05) is 13.1 Å². The molecule has 6 nitrogen and oxygen atoms in total. The highest BCUT2D eigenvalue weighted by Crippen LogP contribution is 2.08. The van der Waals surface area contributed by atoms with Crippen LogP contribution in [0.1, 0.15) is 23.7 Å². The molecule has 0 aliphatic rings. The Morgan fingerprint density at radius 2 is 1.81 bits per heavy atom. The van der Waals surface area contributed by atoms with Crippen LogP contribution in [0.3, 0.4) is 0 Å². The minimum Gasteiger partial charge on any atom is -0.481 e. The van der Waals surface area contributed by atoms with Crippen LogP contribution in [-0.2, 0) is 9.59 Å². The van der Waals surface area contributed by atoms with Crippen LogP contribution in [0.5, 0.6) is 0 Å². The third kappa shape index (κ3) is 6.13. The number of amides is 1. The fourth-order valence-electron chi connectivity index (χ4n) is 1.73. The summed E-state index contributed by atoms with van der Waals surface area (Å²) < 4.78 is 12.8. The molecule has 0 radical (unpaired) electrons. The summed E-state index contributed by atoms with van der Waals surface area (Å²) in [5.74, 6) is -2.24. The maximum atomic E-state index is 12.8. The Morgan fingerprint density at radius 3 is 2.33 bits per heavy atom. The first-order valence-corrected chi connectivity index (χ1v) is 6.39. The van der Waals surface area contributed by atoms with Crippen molar-refractivity contribution in [1.29, 1.82) is 0 Å². The lowest BCUT2D eigenvalue weighted by atomic mass is 10.0. The van der Waals surface area contributed by atoms with Gasteiger partial charge in [-0.1, -0.05) is 0 Å². The molecule has 21 heavy (non-hydrogen) atoms. The van der Waals surface area contributed by atoms with E-state index in [1.165, 1.54) is 19.1 Å². The molecule has 0 aliphatic heterocycles. The molecule has 1 rings (SSSR count). The van der Waals surface area contributed by atoms with Gasteiger partial charge in [-0.3, -0.25) is 14.4 Å². The molecule has 0 bridgehead atoms. The van der Waals surface area contributed by atoms with Crippen LogP contribution in [-0.4, -0.2) is 41.9 Å². The van der Waals surface area contributed by atoms with Crippen molar-refractivity contribution in [1.82, 2.24) is 10.6 Å².